The van der Waals surface area contributed by atoms with E-state index in [-0.39, 0.29) is 0 Å². The van der Waals surface area contributed by atoms with Gasteiger partial charge in [-0.15, -0.1) is 0 Å². The summed E-state index contributed by atoms with van der Waals surface area (Å²) in [6.45, 7) is 10.2. The lowest BCUT2D eigenvalue weighted by Gasteiger charge is -2.37. The molecule has 0 radical (unpaired) electrons. The van der Waals surface area contributed by atoms with Crippen LogP contribution >= 0.6 is 0 Å². The van der Waals surface area contributed by atoms with E-state index < -0.39 is 8.07 Å². The van der Waals surface area contributed by atoms with Gasteiger partial charge in [-0.1, -0.05) is 50.0 Å². The van der Waals surface area contributed by atoms with Gasteiger partial charge in [-0.3, -0.25) is 0 Å². The minimum atomic E-state index is -1.11. The molecular weight excluding hydrogens is 222 g/mol. The van der Waals surface area contributed by atoms with Gasteiger partial charge in [0.2, 0.25) is 0 Å². The second-order valence-corrected chi connectivity index (χ2v) is 11.7. The van der Waals surface area contributed by atoms with Gasteiger partial charge >= 0.3 is 0 Å². The number of nitrogens with zero attached hydrogens (tertiary/aromatic N) is 1. The average molecular weight is 247 g/mol. The van der Waals surface area contributed by atoms with E-state index in [9.17, 15) is 0 Å². The molecule has 1 heterocycles. The lowest BCUT2D eigenvalue weighted by Crippen LogP contribution is -2.51. The van der Waals surface area contributed by atoms with Crippen molar-refractivity contribution in [2.24, 2.45) is 0 Å². The second kappa shape index (κ2) is 5.36. The molecule has 1 aromatic rings. The van der Waals surface area contributed by atoms with Crippen LogP contribution in [0.2, 0.25) is 19.6 Å². The molecule has 1 atom stereocenters. The number of rotatable bonds is 4. The molecule has 1 aliphatic heterocycles. The van der Waals surface area contributed by atoms with Crippen LogP contribution in [-0.2, 0) is 6.42 Å². The summed E-state index contributed by atoms with van der Waals surface area (Å²) in [5.41, 5.74) is 2.32. The van der Waals surface area contributed by atoms with Gasteiger partial charge < -0.3 is 4.90 Å². The first-order valence-corrected chi connectivity index (χ1v) is 10.4. The third kappa shape index (κ3) is 3.43. The zero-order chi connectivity index (χ0) is 12.3. The molecule has 0 N–H and O–H groups in total. The van der Waals surface area contributed by atoms with Crippen LogP contribution in [0.3, 0.4) is 0 Å². The van der Waals surface area contributed by atoms with E-state index in [0.717, 1.165) is 5.67 Å². The molecule has 1 aromatic carbocycles. The Hall–Kier alpha value is -0.603. The minimum Gasteiger partial charge on any atom is -0.303 e. The molecule has 0 spiro atoms. The molecule has 1 saturated heterocycles. The van der Waals surface area contributed by atoms with Gasteiger partial charge in [0.05, 0.1) is 8.07 Å². The zero-order valence-electron chi connectivity index (χ0n) is 11.4. The monoisotopic (exact) mass is 247 g/mol. The molecule has 1 aliphatic rings. The van der Waals surface area contributed by atoms with Gasteiger partial charge in [-0.25, -0.2) is 0 Å². The lowest BCUT2D eigenvalue weighted by molar-refractivity contribution is 0.299. The van der Waals surface area contributed by atoms with Crippen molar-refractivity contribution in [1.82, 2.24) is 4.90 Å². The third-order valence-electron chi connectivity index (χ3n) is 3.85. The van der Waals surface area contributed by atoms with Gasteiger partial charge in [0.25, 0.3) is 0 Å². The number of benzene rings is 1. The molecule has 0 amide bonds. The molecule has 1 unspecified atom stereocenters. The molecule has 0 aliphatic carbocycles. The van der Waals surface area contributed by atoms with Crippen LogP contribution in [0.25, 0.3) is 0 Å². The highest BCUT2D eigenvalue weighted by atomic mass is 28.3. The van der Waals surface area contributed by atoms with Crippen LogP contribution in [0, 0.1) is 0 Å². The van der Waals surface area contributed by atoms with Crippen LogP contribution in [0.1, 0.15) is 18.4 Å². The van der Waals surface area contributed by atoms with E-state index in [1.54, 1.807) is 0 Å². The van der Waals surface area contributed by atoms with Crippen molar-refractivity contribution in [3.05, 3.63) is 35.9 Å². The maximum Gasteiger partial charge on any atom is 0.0642 e. The van der Waals surface area contributed by atoms with E-state index in [1.165, 1.54) is 37.9 Å². The molecule has 0 saturated carbocycles. The van der Waals surface area contributed by atoms with Gasteiger partial charge in [-0.2, -0.15) is 0 Å². The summed E-state index contributed by atoms with van der Waals surface area (Å²) in [7, 11) is -1.11. The Morgan fingerprint density at radius 1 is 1.06 bits per heavy atom. The Bertz CT molecular complexity index is 336. The Kier molecular flexibility index (Phi) is 4.05. The predicted molar refractivity (Wildman–Crippen MR) is 78.1 cm³/mol. The summed E-state index contributed by atoms with van der Waals surface area (Å²) < 4.78 is 0. The highest BCUT2D eigenvalue weighted by Gasteiger charge is 2.33. The molecule has 17 heavy (non-hydrogen) atoms. The average Bonchev–Trinajstić information content (AvgIpc) is 2.79. The van der Waals surface area contributed by atoms with Crippen LogP contribution in [0.4, 0.5) is 0 Å². The van der Waals surface area contributed by atoms with Crippen molar-refractivity contribution in [3.8, 4) is 0 Å². The normalized spacial score (nSPS) is 19.5. The van der Waals surface area contributed by atoms with Gasteiger partial charge in [0.15, 0.2) is 0 Å². The summed E-state index contributed by atoms with van der Waals surface area (Å²) in [6.07, 6.45) is 4.04. The van der Waals surface area contributed by atoms with Gasteiger partial charge in [0.1, 0.15) is 0 Å². The first-order chi connectivity index (χ1) is 8.07. The SMILES string of the molecule is C[Si](C)(C)C(Cc1ccccc1)N1CCCC1. The highest BCUT2D eigenvalue weighted by molar-refractivity contribution is 6.77. The fourth-order valence-corrected chi connectivity index (χ4v) is 5.08. The highest BCUT2D eigenvalue weighted by Crippen LogP contribution is 2.23. The van der Waals surface area contributed by atoms with Crippen molar-refractivity contribution in [1.29, 1.82) is 0 Å². The maximum atomic E-state index is 2.75. The fraction of sp³-hybridized carbons (Fsp3) is 0.600. The van der Waals surface area contributed by atoms with Crippen molar-refractivity contribution in [3.63, 3.8) is 0 Å². The van der Waals surface area contributed by atoms with Gasteiger partial charge in [0, 0.05) is 5.67 Å². The maximum absolute atomic E-state index is 2.75. The second-order valence-electron chi connectivity index (χ2n) is 6.31. The Morgan fingerprint density at radius 2 is 1.65 bits per heavy atom. The molecule has 1 nitrogen and oxygen atoms in total. The quantitative estimate of drug-likeness (QED) is 0.735. The van der Waals surface area contributed by atoms with Gasteiger partial charge in [-0.05, 0) is 37.9 Å². The van der Waals surface area contributed by atoms with Crippen molar-refractivity contribution >= 4 is 8.07 Å². The van der Waals surface area contributed by atoms with Crippen LogP contribution < -0.4 is 0 Å². The van der Waals surface area contributed by atoms with Crippen LogP contribution in [0.5, 0.6) is 0 Å². The zero-order valence-corrected chi connectivity index (χ0v) is 12.4. The number of likely N-dealkylation sites (tertiary alicyclic amines) is 1. The van der Waals surface area contributed by atoms with E-state index in [0.29, 0.717) is 0 Å². The smallest absolute Gasteiger partial charge is 0.0642 e. The van der Waals surface area contributed by atoms with E-state index >= 15 is 0 Å². The van der Waals surface area contributed by atoms with E-state index in [2.05, 4.69) is 54.9 Å². The van der Waals surface area contributed by atoms with Crippen molar-refractivity contribution in [2.75, 3.05) is 13.1 Å². The molecule has 2 heteroatoms. The molecule has 94 valence electrons. The molecule has 0 aromatic heterocycles. The number of hydrogen-bond acceptors (Lipinski definition) is 1. The lowest BCUT2D eigenvalue weighted by atomic mass is 10.1. The standard InChI is InChI=1S/C15H25NSi/c1-17(2,3)15(16-11-7-8-12-16)13-14-9-5-4-6-10-14/h4-6,9-10,15H,7-8,11-13H2,1-3H3. The minimum absolute atomic E-state index is 0.812. The first-order valence-electron chi connectivity index (χ1n) is 6.85. The van der Waals surface area contributed by atoms with E-state index in [4.69, 9.17) is 0 Å². The fourth-order valence-electron chi connectivity index (χ4n) is 2.87. The molecule has 1 fully saturated rings. The van der Waals surface area contributed by atoms with Crippen LogP contribution in [-0.4, -0.2) is 31.7 Å². The Morgan fingerprint density at radius 3 is 2.18 bits per heavy atom. The third-order valence-corrected chi connectivity index (χ3v) is 6.42. The summed E-state index contributed by atoms with van der Waals surface area (Å²) in [6, 6.07) is 11.0. The Balaban J connectivity index is 2.11. The number of hydrogen-bond donors (Lipinski definition) is 0. The largest absolute Gasteiger partial charge is 0.303 e. The summed E-state index contributed by atoms with van der Waals surface area (Å²) >= 11 is 0. The first kappa shape index (κ1) is 12.8. The topological polar surface area (TPSA) is 3.24 Å². The van der Waals surface area contributed by atoms with Crippen molar-refractivity contribution < 1.29 is 0 Å². The molecular formula is C15H25NSi. The van der Waals surface area contributed by atoms with E-state index in [1.807, 2.05) is 0 Å². The summed E-state index contributed by atoms with van der Waals surface area (Å²) in [5, 5.41) is 0. The van der Waals surface area contributed by atoms with Crippen LogP contribution in [0.15, 0.2) is 30.3 Å². The molecule has 2 rings (SSSR count). The Labute approximate surface area is 107 Å². The van der Waals surface area contributed by atoms with Crippen molar-refractivity contribution in [2.45, 2.75) is 44.6 Å². The summed E-state index contributed by atoms with van der Waals surface area (Å²) in [4.78, 5) is 2.75. The predicted octanol–water partition coefficient (Wildman–Crippen LogP) is 3.57. The summed E-state index contributed by atoms with van der Waals surface area (Å²) in [5.74, 6) is 0. The molecule has 0 bridgehead atoms.